The number of H-pyrrole nitrogens is 1. The van der Waals surface area contributed by atoms with Crippen LogP contribution in [0.1, 0.15) is 44.7 Å². The second-order valence-corrected chi connectivity index (χ2v) is 7.29. The number of aromatic amines is 1. The summed E-state index contributed by atoms with van der Waals surface area (Å²) in [5.74, 6) is -0.200. The number of amides is 1. The second-order valence-electron chi connectivity index (χ2n) is 7.29. The van der Waals surface area contributed by atoms with Crippen molar-refractivity contribution in [1.29, 1.82) is 0 Å². The first-order chi connectivity index (χ1) is 15.5. The van der Waals surface area contributed by atoms with Crippen molar-refractivity contribution >= 4 is 23.2 Å². The van der Waals surface area contributed by atoms with Crippen LogP contribution in [0.25, 0.3) is 5.65 Å². The van der Waals surface area contributed by atoms with Crippen LogP contribution in [-0.4, -0.2) is 33.4 Å². The molecule has 0 bridgehead atoms. The number of carbonyl (C=O) groups is 2. The van der Waals surface area contributed by atoms with Crippen LogP contribution >= 0.6 is 0 Å². The molecular formula is C24H24N4O4. The Hall–Kier alpha value is -4.07. The van der Waals surface area contributed by atoms with Gasteiger partial charge in [-0.05, 0) is 43.2 Å². The third-order valence-electron chi connectivity index (χ3n) is 5.19. The number of hydrogen-bond donors (Lipinski definition) is 2. The van der Waals surface area contributed by atoms with E-state index in [-0.39, 0.29) is 5.91 Å². The van der Waals surface area contributed by atoms with E-state index in [4.69, 9.17) is 9.47 Å². The normalized spacial score (nSPS) is 10.8. The van der Waals surface area contributed by atoms with Crippen LogP contribution in [0.3, 0.4) is 0 Å². The molecule has 0 radical (unpaired) electrons. The summed E-state index contributed by atoms with van der Waals surface area (Å²) in [6, 6.07) is 12.9. The maximum atomic E-state index is 12.9. The molecule has 2 N–H and O–H groups in total. The van der Waals surface area contributed by atoms with Crippen molar-refractivity contribution in [3.63, 3.8) is 0 Å². The molecular weight excluding hydrogens is 408 g/mol. The number of benzene rings is 1. The zero-order valence-corrected chi connectivity index (χ0v) is 18.1. The smallest absolute Gasteiger partial charge is 0.339 e. The van der Waals surface area contributed by atoms with Gasteiger partial charge in [-0.3, -0.25) is 4.79 Å². The van der Waals surface area contributed by atoms with Crippen LogP contribution in [0.15, 0.2) is 54.9 Å². The fourth-order valence-corrected chi connectivity index (χ4v) is 3.60. The lowest BCUT2D eigenvalue weighted by Crippen LogP contribution is -2.14. The molecule has 3 heterocycles. The van der Waals surface area contributed by atoms with Crippen LogP contribution < -0.4 is 10.1 Å². The minimum Gasteiger partial charge on any atom is -0.487 e. The third-order valence-corrected chi connectivity index (χ3v) is 5.19. The van der Waals surface area contributed by atoms with Gasteiger partial charge >= 0.3 is 5.97 Å². The van der Waals surface area contributed by atoms with E-state index >= 15 is 0 Å². The van der Waals surface area contributed by atoms with Crippen molar-refractivity contribution in [3.05, 3.63) is 83.1 Å². The highest BCUT2D eigenvalue weighted by Gasteiger charge is 2.23. The quantitative estimate of drug-likeness (QED) is 0.428. The molecule has 0 atom stereocenters. The Morgan fingerprint density at radius 2 is 2.03 bits per heavy atom. The molecule has 8 nitrogen and oxygen atoms in total. The summed E-state index contributed by atoms with van der Waals surface area (Å²) >= 11 is 0. The first-order valence-electron chi connectivity index (χ1n) is 10.3. The van der Waals surface area contributed by atoms with Gasteiger partial charge in [-0.2, -0.15) is 0 Å². The Kier molecular flexibility index (Phi) is 5.93. The molecule has 4 aromatic rings. The zero-order valence-electron chi connectivity index (χ0n) is 18.1. The lowest BCUT2D eigenvalue weighted by molar-refractivity contribution is 0.0599. The Labute approximate surface area is 185 Å². The number of ether oxygens (including phenoxy) is 2. The van der Waals surface area contributed by atoms with E-state index in [9.17, 15) is 9.59 Å². The van der Waals surface area contributed by atoms with Gasteiger partial charge in [-0.25, -0.2) is 9.78 Å². The summed E-state index contributed by atoms with van der Waals surface area (Å²) in [5, 5.41) is 2.86. The standard InChI is InChI=1S/C24H24N4O4/c1-4-19-21(24(30)31-3)15(2)22(27-19)23(29)26-16-8-7-9-18(12-16)32-14-17-13-28-11-6-5-10-20(28)25-17/h5-13,27H,4,14H2,1-3H3,(H,26,29). The van der Waals surface area contributed by atoms with Crippen LogP contribution in [-0.2, 0) is 17.8 Å². The first kappa shape index (κ1) is 21.2. The minimum absolute atomic E-state index is 0.303. The highest BCUT2D eigenvalue weighted by atomic mass is 16.5. The molecule has 4 rings (SSSR count). The van der Waals surface area contributed by atoms with Crippen LogP contribution in [0, 0.1) is 6.92 Å². The summed E-state index contributed by atoms with van der Waals surface area (Å²) < 4.78 is 12.7. The van der Waals surface area contributed by atoms with Crippen molar-refractivity contribution in [2.75, 3.05) is 12.4 Å². The average Bonchev–Trinajstić information content (AvgIpc) is 3.37. The van der Waals surface area contributed by atoms with Gasteiger partial charge in [0.2, 0.25) is 0 Å². The molecule has 0 aliphatic heterocycles. The van der Waals surface area contributed by atoms with Crippen LogP contribution in [0.2, 0.25) is 0 Å². The van der Waals surface area contributed by atoms with Crippen LogP contribution in [0.4, 0.5) is 5.69 Å². The van der Waals surface area contributed by atoms with Crippen molar-refractivity contribution in [3.8, 4) is 5.75 Å². The van der Waals surface area contributed by atoms with Gasteiger partial charge in [0.1, 0.15) is 23.7 Å². The molecule has 0 aliphatic rings. The number of nitrogens with one attached hydrogen (secondary N) is 2. The van der Waals surface area contributed by atoms with E-state index in [1.807, 2.05) is 48.0 Å². The fourth-order valence-electron chi connectivity index (χ4n) is 3.60. The molecule has 0 fully saturated rings. The number of aromatic nitrogens is 3. The number of nitrogens with zero attached hydrogens (tertiary/aromatic N) is 2. The molecule has 8 heteroatoms. The highest BCUT2D eigenvalue weighted by Crippen LogP contribution is 2.23. The molecule has 0 aliphatic carbocycles. The summed E-state index contributed by atoms with van der Waals surface area (Å²) in [7, 11) is 1.33. The maximum Gasteiger partial charge on any atom is 0.339 e. The van der Waals surface area contributed by atoms with Crippen molar-refractivity contribution in [2.45, 2.75) is 26.9 Å². The number of carbonyl (C=O) groups excluding carboxylic acids is 2. The number of anilines is 1. The Morgan fingerprint density at radius 3 is 2.78 bits per heavy atom. The van der Waals surface area contributed by atoms with Gasteiger partial charge < -0.3 is 24.2 Å². The molecule has 1 aromatic carbocycles. The summed E-state index contributed by atoms with van der Waals surface area (Å²) in [4.78, 5) is 32.5. The molecule has 32 heavy (non-hydrogen) atoms. The van der Waals surface area contributed by atoms with E-state index in [1.165, 1.54) is 7.11 Å². The van der Waals surface area contributed by atoms with Gasteiger partial charge in [0.05, 0.1) is 18.4 Å². The topological polar surface area (TPSA) is 97.7 Å². The number of fused-ring (bicyclic) bond motifs is 1. The number of esters is 1. The van der Waals surface area contributed by atoms with E-state index in [0.717, 1.165) is 11.3 Å². The summed E-state index contributed by atoms with van der Waals surface area (Å²) in [6.45, 7) is 3.94. The molecule has 164 valence electrons. The molecule has 0 saturated carbocycles. The second kappa shape index (κ2) is 8.97. The SMILES string of the molecule is CCc1[nH]c(C(=O)Nc2cccc(OCc3cn4ccccc4n3)c2)c(C)c1C(=O)OC. The molecule has 1 amide bonds. The number of pyridine rings is 1. The molecule has 0 spiro atoms. The predicted octanol–water partition coefficient (Wildman–Crippen LogP) is 4.15. The van der Waals surface area contributed by atoms with Gasteiger partial charge in [0, 0.05) is 29.8 Å². The number of imidazole rings is 1. The monoisotopic (exact) mass is 432 g/mol. The molecule has 3 aromatic heterocycles. The Bertz CT molecular complexity index is 1260. The number of aryl methyl sites for hydroxylation is 1. The summed E-state index contributed by atoms with van der Waals surface area (Å²) in [6.07, 6.45) is 4.42. The van der Waals surface area contributed by atoms with E-state index in [1.54, 1.807) is 25.1 Å². The minimum atomic E-state index is -0.461. The number of rotatable bonds is 7. The van der Waals surface area contributed by atoms with E-state index in [2.05, 4.69) is 15.3 Å². The van der Waals surface area contributed by atoms with Crippen molar-refractivity contribution in [1.82, 2.24) is 14.4 Å². The number of methoxy groups -OCH3 is 1. The van der Waals surface area contributed by atoms with Crippen LogP contribution in [0.5, 0.6) is 5.75 Å². The van der Waals surface area contributed by atoms with Gasteiger partial charge in [0.15, 0.2) is 0 Å². The van der Waals surface area contributed by atoms with Gasteiger partial charge in [0.25, 0.3) is 5.91 Å². The Morgan fingerprint density at radius 1 is 1.19 bits per heavy atom. The zero-order chi connectivity index (χ0) is 22.7. The third kappa shape index (κ3) is 4.20. The summed E-state index contributed by atoms with van der Waals surface area (Å²) in [5.41, 5.74) is 4.20. The van der Waals surface area contributed by atoms with E-state index < -0.39 is 5.97 Å². The fraction of sp³-hybridized carbons (Fsp3) is 0.208. The molecule has 0 saturated heterocycles. The lowest BCUT2D eigenvalue weighted by Gasteiger charge is -2.08. The number of hydrogen-bond acceptors (Lipinski definition) is 5. The Balaban J connectivity index is 1.47. The van der Waals surface area contributed by atoms with E-state index in [0.29, 0.717) is 47.0 Å². The first-order valence-corrected chi connectivity index (χ1v) is 10.3. The van der Waals surface area contributed by atoms with Gasteiger partial charge in [-0.1, -0.05) is 19.1 Å². The molecule has 0 unspecified atom stereocenters. The maximum absolute atomic E-state index is 12.9. The van der Waals surface area contributed by atoms with Gasteiger partial charge in [-0.15, -0.1) is 0 Å². The predicted molar refractivity (Wildman–Crippen MR) is 120 cm³/mol. The van der Waals surface area contributed by atoms with Crippen molar-refractivity contribution < 1.29 is 19.1 Å². The lowest BCUT2D eigenvalue weighted by atomic mass is 10.1. The highest BCUT2D eigenvalue weighted by molar-refractivity contribution is 6.06. The largest absolute Gasteiger partial charge is 0.487 e. The van der Waals surface area contributed by atoms with Crippen molar-refractivity contribution in [2.24, 2.45) is 0 Å². The average molecular weight is 432 g/mol.